The zero-order valence-electron chi connectivity index (χ0n) is 13.2. The van der Waals surface area contributed by atoms with Crippen molar-refractivity contribution in [2.75, 3.05) is 29.3 Å². The Balaban J connectivity index is 1.79. The number of hydrogen-bond acceptors (Lipinski definition) is 5. The lowest BCUT2D eigenvalue weighted by Crippen LogP contribution is -2.43. The van der Waals surface area contributed by atoms with Crippen LogP contribution in [-0.2, 0) is 17.1 Å². The largest absolute Gasteiger partial charge is 0.371 e. The minimum absolute atomic E-state index is 0.249. The first-order chi connectivity index (χ1) is 11.0. The van der Waals surface area contributed by atoms with E-state index in [0.717, 1.165) is 24.2 Å². The first kappa shape index (κ1) is 14.5. The van der Waals surface area contributed by atoms with Crippen LogP contribution in [0.2, 0.25) is 0 Å². The number of likely N-dealkylation sites (N-methyl/N-ethyl adjacent to an activating group) is 1. The summed E-state index contributed by atoms with van der Waals surface area (Å²) in [6.07, 6.45) is 5.48. The van der Waals surface area contributed by atoms with E-state index in [4.69, 9.17) is 0 Å². The third-order valence-electron chi connectivity index (χ3n) is 4.50. The number of hydrogen-bond donors (Lipinski definition) is 0. The molecular formula is C15H19N5O2S. The summed E-state index contributed by atoms with van der Waals surface area (Å²) in [5, 5.41) is 4.64. The van der Waals surface area contributed by atoms with Gasteiger partial charge < -0.3 is 4.90 Å². The maximum absolute atomic E-state index is 13.2. The number of aromatic nitrogens is 3. The van der Waals surface area contributed by atoms with E-state index in [-0.39, 0.29) is 5.03 Å². The zero-order valence-corrected chi connectivity index (χ0v) is 14.0. The molecule has 1 aliphatic carbocycles. The van der Waals surface area contributed by atoms with Crippen LogP contribution in [0.4, 0.5) is 11.4 Å². The lowest BCUT2D eigenvalue weighted by atomic mass is 10.2. The van der Waals surface area contributed by atoms with Crippen molar-refractivity contribution >= 4 is 21.4 Å². The van der Waals surface area contributed by atoms with Crippen LogP contribution in [0.25, 0.3) is 0 Å². The normalized spacial score (nSPS) is 18.2. The van der Waals surface area contributed by atoms with Gasteiger partial charge in [0.15, 0.2) is 5.03 Å². The highest BCUT2D eigenvalue weighted by Gasteiger charge is 2.35. The molecule has 0 spiro atoms. The van der Waals surface area contributed by atoms with Crippen molar-refractivity contribution in [3.8, 4) is 0 Å². The fourth-order valence-electron chi connectivity index (χ4n) is 3.03. The van der Waals surface area contributed by atoms with Crippen LogP contribution >= 0.6 is 0 Å². The predicted octanol–water partition coefficient (Wildman–Crippen LogP) is 1.34. The average Bonchev–Trinajstić information content (AvgIpc) is 3.30. The van der Waals surface area contributed by atoms with Gasteiger partial charge in [-0.25, -0.2) is 0 Å². The van der Waals surface area contributed by atoms with E-state index in [1.54, 1.807) is 25.5 Å². The molecule has 0 radical (unpaired) electrons. The van der Waals surface area contributed by atoms with Crippen molar-refractivity contribution < 1.29 is 8.42 Å². The molecule has 0 N–H and O–H groups in total. The third kappa shape index (κ3) is 2.28. The molecule has 2 aromatic heterocycles. The van der Waals surface area contributed by atoms with Gasteiger partial charge in [-0.05, 0) is 18.9 Å². The third-order valence-corrected chi connectivity index (χ3v) is 6.37. The van der Waals surface area contributed by atoms with Crippen LogP contribution < -0.4 is 9.21 Å². The Kier molecular flexibility index (Phi) is 3.12. The molecule has 2 aliphatic rings. The zero-order chi connectivity index (χ0) is 16.2. The summed E-state index contributed by atoms with van der Waals surface area (Å²) in [4.78, 5) is 6.14. The van der Waals surface area contributed by atoms with Crippen LogP contribution in [0, 0.1) is 0 Å². The van der Waals surface area contributed by atoms with Gasteiger partial charge in [0.1, 0.15) is 0 Å². The van der Waals surface area contributed by atoms with Crippen LogP contribution in [0.3, 0.4) is 0 Å². The Hall–Kier alpha value is -2.09. The molecule has 1 aliphatic heterocycles. The number of rotatable bonds is 3. The van der Waals surface area contributed by atoms with E-state index in [9.17, 15) is 8.42 Å². The van der Waals surface area contributed by atoms with Gasteiger partial charge in [0, 0.05) is 38.8 Å². The minimum Gasteiger partial charge on any atom is -0.371 e. The molecule has 2 aromatic rings. The molecule has 7 nitrogen and oxygen atoms in total. The summed E-state index contributed by atoms with van der Waals surface area (Å²) in [6.45, 7) is 1.05. The van der Waals surface area contributed by atoms with Crippen molar-refractivity contribution in [3.63, 3.8) is 0 Å². The van der Waals surface area contributed by atoms with Crippen molar-refractivity contribution in [2.24, 2.45) is 7.05 Å². The quantitative estimate of drug-likeness (QED) is 0.847. The van der Waals surface area contributed by atoms with Crippen LogP contribution in [-0.4, -0.2) is 43.3 Å². The predicted molar refractivity (Wildman–Crippen MR) is 87.2 cm³/mol. The lowest BCUT2D eigenvalue weighted by Gasteiger charge is -2.35. The van der Waals surface area contributed by atoms with Gasteiger partial charge in [0.25, 0.3) is 10.0 Å². The summed E-state index contributed by atoms with van der Waals surface area (Å²) < 4.78 is 29.2. The Morgan fingerprint density at radius 2 is 1.96 bits per heavy atom. The highest BCUT2D eigenvalue weighted by molar-refractivity contribution is 7.92. The minimum atomic E-state index is -3.65. The van der Waals surface area contributed by atoms with Crippen LogP contribution in [0.1, 0.15) is 24.5 Å². The Bertz CT molecular complexity index is 857. The molecule has 0 amide bonds. The van der Waals surface area contributed by atoms with Gasteiger partial charge in [0.05, 0.1) is 29.8 Å². The maximum Gasteiger partial charge on any atom is 0.281 e. The number of aryl methyl sites for hydroxylation is 1. The summed E-state index contributed by atoms with van der Waals surface area (Å²) >= 11 is 0. The van der Waals surface area contributed by atoms with Crippen molar-refractivity contribution in [1.82, 2.24) is 14.8 Å². The summed E-state index contributed by atoms with van der Waals surface area (Å²) in [6, 6.07) is 3.57. The summed E-state index contributed by atoms with van der Waals surface area (Å²) in [5.74, 6) is 0.423. The first-order valence-corrected chi connectivity index (χ1v) is 9.14. The second kappa shape index (κ2) is 4.95. The van der Waals surface area contributed by atoms with Crippen molar-refractivity contribution in [1.29, 1.82) is 0 Å². The van der Waals surface area contributed by atoms with Crippen molar-refractivity contribution in [2.45, 2.75) is 23.8 Å². The smallest absolute Gasteiger partial charge is 0.281 e. The molecule has 0 bridgehead atoms. The second-order valence-electron chi connectivity index (χ2n) is 6.17. The van der Waals surface area contributed by atoms with E-state index in [1.807, 2.05) is 18.0 Å². The van der Waals surface area contributed by atoms with Crippen molar-refractivity contribution in [3.05, 3.63) is 30.2 Å². The maximum atomic E-state index is 13.2. The van der Waals surface area contributed by atoms with E-state index in [2.05, 4.69) is 10.1 Å². The Morgan fingerprint density at radius 1 is 1.17 bits per heavy atom. The highest BCUT2D eigenvalue weighted by atomic mass is 32.2. The van der Waals surface area contributed by atoms with E-state index in [0.29, 0.717) is 24.7 Å². The van der Waals surface area contributed by atoms with Gasteiger partial charge in [-0.2, -0.15) is 13.5 Å². The highest BCUT2D eigenvalue weighted by Crippen LogP contribution is 2.41. The van der Waals surface area contributed by atoms with Gasteiger partial charge in [-0.15, -0.1) is 0 Å². The number of sulfonamides is 1. The number of anilines is 2. The van der Waals surface area contributed by atoms with Gasteiger partial charge in [0.2, 0.25) is 0 Å². The standard InChI is InChI=1S/C15H19N5O2S/c1-18-7-8-20(14-10-16-6-5-13(14)18)23(21,22)15-9-12(11-3-4-11)17-19(15)2/h5-6,9-11H,3-4,7-8H2,1-2H3. The van der Waals surface area contributed by atoms with Gasteiger partial charge in [-0.1, -0.05) is 0 Å². The topological polar surface area (TPSA) is 71.3 Å². The average molecular weight is 333 g/mol. The fourth-order valence-corrected chi connectivity index (χ4v) is 4.62. The molecule has 0 atom stereocenters. The number of pyridine rings is 1. The number of nitrogens with zero attached hydrogens (tertiary/aromatic N) is 5. The van der Waals surface area contributed by atoms with E-state index < -0.39 is 10.0 Å². The summed E-state index contributed by atoms with van der Waals surface area (Å²) in [7, 11) is 0.00254. The monoisotopic (exact) mass is 333 g/mol. The van der Waals surface area contributed by atoms with Gasteiger partial charge in [-0.3, -0.25) is 14.0 Å². The Morgan fingerprint density at radius 3 is 2.70 bits per heavy atom. The van der Waals surface area contributed by atoms with Crippen LogP contribution in [0.5, 0.6) is 0 Å². The molecule has 0 saturated heterocycles. The van der Waals surface area contributed by atoms with E-state index in [1.165, 1.54) is 8.99 Å². The first-order valence-electron chi connectivity index (χ1n) is 7.70. The molecule has 0 aromatic carbocycles. The molecular weight excluding hydrogens is 314 g/mol. The molecule has 8 heteroatoms. The lowest BCUT2D eigenvalue weighted by molar-refractivity contribution is 0.570. The summed E-state index contributed by atoms with van der Waals surface area (Å²) in [5.41, 5.74) is 2.38. The fraction of sp³-hybridized carbons (Fsp3) is 0.467. The Labute approximate surface area is 135 Å². The second-order valence-corrected chi connectivity index (χ2v) is 7.98. The van der Waals surface area contributed by atoms with Gasteiger partial charge >= 0.3 is 0 Å². The molecule has 122 valence electrons. The van der Waals surface area contributed by atoms with Crippen LogP contribution in [0.15, 0.2) is 29.6 Å². The molecule has 1 saturated carbocycles. The molecule has 1 fully saturated rings. The SMILES string of the molecule is CN1CCN(S(=O)(=O)c2cc(C3CC3)nn2C)c2cnccc21. The van der Waals surface area contributed by atoms with E-state index >= 15 is 0 Å². The molecule has 4 rings (SSSR count). The molecule has 23 heavy (non-hydrogen) atoms. The molecule has 0 unspecified atom stereocenters. The molecule has 3 heterocycles. The number of fused-ring (bicyclic) bond motifs is 1.